The van der Waals surface area contributed by atoms with Crippen molar-refractivity contribution < 1.29 is 19.0 Å². The molecule has 0 aliphatic carbocycles. The summed E-state index contributed by atoms with van der Waals surface area (Å²) in [7, 11) is 1.58. The quantitative estimate of drug-likeness (QED) is 0.218. The van der Waals surface area contributed by atoms with Crippen LogP contribution in [0.15, 0.2) is 52.6 Å². The van der Waals surface area contributed by atoms with Crippen LogP contribution in [0.1, 0.15) is 22.6 Å². The van der Waals surface area contributed by atoms with Gasteiger partial charge in [-0.25, -0.2) is 0 Å². The molecule has 0 aliphatic rings. The number of carbonyl (C=O) groups is 1. The van der Waals surface area contributed by atoms with Gasteiger partial charge in [-0.2, -0.15) is 5.26 Å². The second-order valence-corrected chi connectivity index (χ2v) is 7.13. The summed E-state index contributed by atoms with van der Waals surface area (Å²) >= 11 is 5.92. The van der Waals surface area contributed by atoms with Crippen LogP contribution < -0.4 is 10.1 Å². The normalized spacial score (nSPS) is 11.3. The average molecular weight is 465 g/mol. The molecular weight excluding hydrogens is 448 g/mol. The number of nitrogens with zero attached hydrogens (tertiary/aromatic N) is 3. The number of carbonyl (C=O) groups excluding carboxylic acids is 1. The van der Waals surface area contributed by atoms with Crippen molar-refractivity contribution in [1.82, 2.24) is 5.16 Å². The number of methoxy groups -OCH3 is 1. The number of rotatable bonds is 7. The number of aromatic nitrogens is 1. The Balaban J connectivity index is 1.87. The van der Waals surface area contributed by atoms with Crippen LogP contribution in [0.5, 0.6) is 5.75 Å². The van der Waals surface area contributed by atoms with Crippen LogP contribution >= 0.6 is 11.6 Å². The first-order valence-corrected chi connectivity index (χ1v) is 9.85. The van der Waals surface area contributed by atoms with Gasteiger partial charge in [-0.1, -0.05) is 35.0 Å². The van der Waals surface area contributed by atoms with Gasteiger partial charge in [-0.3, -0.25) is 14.9 Å². The van der Waals surface area contributed by atoms with Crippen molar-refractivity contribution in [3.63, 3.8) is 0 Å². The summed E-state index contributed by atoms with van der Waals surface area (Å²) in [5.74, 6) is 0.200. The lowest BCUT2D eigenvalue weighted by Crippen LogP contribution is -2.14. The van der Waals surface area contributed by atoms with E-state index >= 15 is 0 Å². The first kappa shape index (κ1) is 23.2. The van der Waals surface area contributed by atoms with Crippen LogP contribution in [-0.4, -0.2) is 23.1 Å². The topological polar surface area (TPSA) is 131 Å². The Bertz CT molecular complexity index is 1300. The number of nitro groups is 1. The van der Waals surface area contributed by atoms with Crippen molar-refractivity contribution in [2.24, 2.45) is 0 Å². The van der Waals surface area contributed by atoms with Gasteiger partial charge in [0.1, 0.15) is 28.8 Å². The van der Waals surface area contributed by atoms with Gasteiger partial charge in [0.05, 0.1) is 17.6 Å². The van der Waals surface area contributed by atoms with Gasteiger partial charge in [0.25, 0.3) is 11.6 Å². The van der Waals surface area contributed by atoms with Gasteiger partial charge in [0.15, 0.2) is 5.76 Å². The van der Waals surface area contributed by atoms with Crippen molar-refractivity contribution in [3.05, 3.63) is 85.8 Å². The molecule has 0 spiro atoms. The first-order valence-electron chi connectivity index (χ1n) is 9.48. The predicted octanol–water partition coefficient (Wildman–Crippen LogP) is 5.27. The molecule has 0 bridgehead atoms. The highest BCUT2D eigenvalue weighted by Crippen LogP contribution is 2.27. The lowest BCUT2D eigenvalue weighted by atomic mass is 10.1. The fourth-order valence-electron chi connectivity index (χ4n) is 2.83. The van der Waals surface area contributed by atoms with Crippen molar-refractivity contribution in [2.75, 3.05) is 12.4 Å². The van der Waals surface area contributed by atoms with E-state index in [1.54, 1.807) is 44.4 Å². The summed E-state index contributed by atoms with van der Waals surface area (Å²) in [5, 5.41) is 27.4. The van der Waals surface area contributed by atoms with E-state index in [0.29, 0.717) is 11.4 Å². The number of benzene rings is 2. The maximum atomic E-state index is 12.7. The molecule has 1 aromatic heterocycles. The molecule has 0 unspecified atom stereocenters. The minimum atomic E-state index is -0.780. The monoisotopic (exact) mass is 464 g/mol. The number of aryl methyl sites for hydroxylation is 1. The van der Waals surface area contributed by atoms with Crippen LogP contribution in [-0.2, 0) is 4.79 Å². The number of anilines is 1. The zero-order valence-corrected chi connectivity index (χ0v) is 18.3. The van der Waals surface area contributed by atoms with E-state index in [4.69, 9.17) is 20.9 Å². The number of nitrogens with one attached hydrogen (secondary N) is 1. The maximum Gasteiger partial charge on any atom is 0.276 e. The van der Waals surface area contributed by atoms with E-state index in [1.165, 1.54) is 18.2 Å². The lowest BCUT2D eigenvalue weighted by molar-refractivity contribution is -0.385. The molecule has 0 atom stereocenters. The minimum Gasteiger partial charge on any atom is -0.497 e. The summed E-state index contributed by atoms with van der Waals surface area (Å²) in [6.45, 7) is 1.63. The SMILES string of the molecule is COc1ccc(/C=C/c2onc(C)c2NC(=O)/C(C#N)=C/c2cc(Cl)ccc2[N+](=O)[O-])cc1. The minimum absolute atomic E-state index is 0.0286. The van der Waals surface area contributed by atoms with Crippen molar-refractivity contribution in [3.8, 4) is 11.8 Å². The van der Waals surface area contributed by atoms with Crippen LogP contribution in [0.2, 0.25) is 5.02 Å². The number of halogens is 1. The van der Waals surface area contributed by atoms with Gasteiger partial charge in [-0.05, 0) is 48.9 Å². The van der Waals surface area contributed by atoms with E-state index in [9.17, 15) is 20.2 Å². The number of hydrogen-bond donors (Lipinski definition) is 1. The lowest BCUT2D eigenvalue weighted by Gasteiger charge is -2.04. The van der Waals surface area contributed by atoms with Crippen LogP contribution in [0.25, 0.3) is 18.2 Å². The van der Waals surface area contributed by atoms with Gasteiger partial charge in [0, 0.05) is 11.1 Å². The van der Waals surface area contributed by atoms with Crippen LogP contribution in [0, 0.1) is 28.4 Å². The molecule has 166 valence electrons. The largest absolute Gasteiger partial charge is 0.497 e. The van der Waals surface area contributed by atoms with Crippen molar-refractivity contribution in [1.29, 1.82) is 5.26 Å². The fourth-order valence-corrected chi connectivity index (χ4v) is 3.01. The standard InChI is InChI=1S/C23H17ClN4O5/c1-14-22(21(33-27-14)10-5-15-3-7-19(32-2)8-4-15)26-23(29)17(13-25)11-16-12-18(24)6-9-20(16)28(30)31/h3-12H,1-2H3,(H,26,29)/b10-5+,17-11+. The highest BCUT2D eigenvalue weighted by atomic mass is 35.5. The van der Waals surface area contributed by atoms with Crippen LogP contribution in [0.4, 0.5) is 11.4 Å². The van der Waals surface area contributed by atoms with E-state index < -0.39 is 10.8 Å². The maximum absolute atomic E-state index is 12.7. The van der Waals surface area contributed by atoms with Gasteiger partial charge in [-0.15, -0.1) is 0 Å². The predicted molar refractivity (Wildman–Crippen MR) is 123 cm³/mol. The number of amides is 1. The van der Waals surface area contributed by atoms with E-state index in [2.05, 4.69) is 10.5 Å². The molecular formula is C23H17ClN4O5. The van der Waals surface area contributed by atoms with Gasteiger partial charge in [0.2, 0.25) is 0 Å². The summed E-state index contributed by atoms with van der Waals surface area (Å²) in [5.41, 5.74) is 0.902. The molecule has 1 amide bonds. The zero-order chi connectivity index (χ0) is 24.0. The molecule has 3 rings (SSSR count). The molecule has 0 fully saturated rings. The smallest absolute Gasteiger partial charge is 0.276 e. The molecule has 0 saturated carbocycles. The number of nitro benzene ring substituents is 1. The molecule has 0 saturated heterocycles. The first-order chi connectivity index (χ1) is 15.8. The fraction of sp³-hybridized carbons (Fsp3) is 0.0870. The van der Waals surface area contributed by atoms with E-state index in [0.717, 1.165) is 11.6 Å². The molecule has 3 aromatic rings. The van der Waals surface area contributed by atoms with Crippen molar-refractivity contribution >= 4 is 47.1 Å². The highest BCUT2D eigenvalue weighted by Gasteiger charge is 2.19. The van der Waals surface area contributed by atoms with Crippen molar-refractivity contribution in [2.45, 2.75) is 6.92 Å². The summed E-state index contributed by atoms with van der Waals surface area (Å²) in [6, 6.07) is 12.9. The number of hydrogen-bond acceptors (Lipinski definition) is 7. The average Bonchev–Trinajstić information content (AvgIpc) is 3.15. The molecule has 1 heterocycles. The Morgan fingerprint density at radius 1 is 1.27 bits per heavy atom. The van der Waals surface area contributed by atoms with Crippen LogP contribution in [0.3, 0.4) is 0 Å². The second kappa shape index (κ2) is 10.3. The molecule has 1 N–H and O–H groups in total. The highest BCUT2D eigenvalue weighted by molar-refractivity contribution is 6.30. The molecule has 9 nitrogen and oxygen atoms in total. The summed E-state index contributed by atoms with van der Waals surface area (Å²) < 4.78 is 10.4. The van der Waals surface area contributed by atoms with E-state index in [1.807, 2.05) is 12.1 Å². The summed E-state index contributed by atoms with van der Waals surface area (Å²) in [4.78, 5) is 23.4. The Hall–Kier alpha value is -4.42. The molecule has 10 heteroatoms. The second-order valence-electron chi connectivity index (χ2n) is 6.70. The Labute approximate surface area is 193 Å². The summed E-state index contributed by atoms with van der Waals surface area (Å²) in [6.07, 6.45) is 4.48. The Morgan fingerprint density at radius 3 is 2.64 bits per heavy atom. The molecule has 2 aromatic carbocycles. The molecule has 0 aliphatic heterocycles. The third-order valence-electron chi connectivity index (χ3n) is 4.52. The third-order valence-corrected chi connectivity index (χ3v) is 4.76. The van der Waals surface area contributed by atoms with Gasteiger partial charge < -0.3 is 14.6 Å². The third kappa shape index (κ3) is 5.64. The Kier molecular flexibility index (Phi) is 7.23. The van der Waals surface area contributed by atoms with Gasteiger partial charge >= 0.3 is 0 Å². The molecule has 33 heavy (non-hydrogen) atoms. The zero-order valence-electron chi connectivity index (χ0n) is 17.5. The van der Waals surface area contributed by atoms with E-state index in [-0.39, 0.29) is 33.3 Å². The molecule has 0 radical (unpaired) electrons. The number of ether oxygens (including phenoxy) is 1. The number of nitriles is 1. The Morgan fingerprint density at radius 2 is 2.00 bits per heavy atom.